The monoisotopic (exact) mass is 378 g/mol. The molecule has 0 aliphatic carbocycles. The molecule has 26 heavy (non-hydrogen) atoms. The smallest absolute Gasteiger partial charge is 0.341 e. The number of carbonyl (C=O) groups excluding carboxylic acids is 2. The summed E-state index contributed by atoms with van der Waals surface area (Å²) in [4.78, 5) is 22.6. The Morgan fingerprint density at radius 2 is 1.58 bits per heavy atom. The van der Waals surface area contributed by atoms with E-state index in [9.17, 15) is 18.0 Å². The van der Waals surface area contributed by atoms with Crippen LogP contribution in [-0.4, -0.2) is 32.0 Å². The van der Waals surface area contributed by atoms with Crippen LogP contribution in [-0.2, 0) is 19.6 Å². The first kappa shape index (κ1) is 19.2. The molecule has 0 radical (unpaired) electrons. The normalized spacial score (nSPS) is 11.3. The first-order valence-corrected chi connectivity index (χ1v) is 8.55. The van der Waals surface area contributed by atoms with Crippen LogP contribution in [0.15, 0.2) is 57.6 Å². The Balaban J connectivity index is 2.30. The van der Waals surface area contributed by atoms with Crippen molar-refractivity contribution in [3.63, 3.8) is 0 Å². The molecule has 0 atom stereocenters. The van der Waals surface area contributed by atoms with Gasteiger partial charge in [-0.2, -0.15) is 18.6 Å². The van der Waals surface area contributed by atoms with Crippen molar-refractivity contribution in [2.45, 2.75) is 11.8 Å². The summed E-state index contributed by atoms with van der Waals surface area (Å²) in [6.45, 7) is 1.20. The summed E-state index contributed by atoms with van der Waals surface area (Å²) in [5, 5.41) is 7.84. The summed E-state index contributed by atoms with van der Waals surface area (Å²) in [5.74, 6) is -1.28. The van der Waals surface area contributed by atoms with Crippen molar-refractivity contribution in [2.75, 3.05) is 7.11 Å². The molecule has 136 valence electrons. The van der Waals surface area contributed by atoms with Gasteiger partial charge >= 0.3 is 11.9 Å². The molecular weight excluding hydrogens is 364 g/mol. The van der Waals surface area contributed by atoms with Gasteiger partial charge in [0.25, 0.3) is 10.1 Å². The summed E-state index contributed by atoms with van der Waals surface area (Å²) < 4.78 is 40.5. The second-order valence-electron chi connectivity index (χ2n) is 4.93. The quantitative estimate of drug-likeness (QED) is 0.366. The molecule has 0 amide bonds. The number of ether oxygens (including phenoxy) is 2. The minimum atomic E-state index is -4.28. The standard InChI is InChI=1S/C16H14N2O7S/c1-10(19)25-15-8-5-12(9-14(15)16(20)24-2)18-17-11-3-6-13(7-4-11)26(21,22)23/h3-9H,1-2H3,(H,21,22,23). The van der Waals surface area contributed by atoms with Gasteiger partial charge < -0.3 is 9.47 Å². The molecule has 0 saturated heterocycles. The maximum atomic E-state index is 11.8. The molecule has 0 aliphatic rings. The van der Waals surface area contributed by atoms with Crippen molar-refractivity contribution in [1.29, 1.82) is 0 Å². The fourth-order valence-corrected chi connectivity index (χ4v) is 2.37. The number of nitrogens with zero attached hydrogens (tertiary/aromatic N) is 2. The van der Waals surface area contributed by atoms with E-state index in [-0.39, 0.29) is 21.9 Å². The molecule has 2 aromatic carbocycles. The largest absolute Gasteiger partial charge is 0.465 e. The Kier molecular flexibility index (Phi) is 5.80. The number of azo groups is 1. The molecule has 0 unspecified atom stereocenters. The predicted octanol–water partition coefficient (Wildman–Crippen LogP) is 3.06. The lowest BCUT2D eigenvalue weighted by molar-refractivity contribution is -0.131. The molecular formula is C16H14N2O7S. The molecule has 0 spiro atoms. The zero-order chi connectivity index (χ0) is 19.3. The molecule has 2 aromatic rings. The third-order valence-electron chi connectivity index (χ3n) is 3.04. The van der Waals surface area contributed by atoms with Gasteiger partial charge in [0.1, 0.15) is 11.3 Å². The van der Waals surface area contributed by atoms with Crippen LogP contribution in [0, 0.1) is 0 Å². The van der Waals surface area contributed by atoms with Gasteiger partial charge in [0.05, 0.1) is 23.4 Å². The summed E-state index contributed by atoms with van der Waals surface area (Å²) in [5.41, 5.74) is 0.599. The van der Waals surface area contributed by atoms with Gasteiger partial charge in [-0.25, -0.2) is 4.79 Å². The average Bonchev–Trinajstić information content (AvgIpc) is 2.59. The lowest BCUT2D eigenvalue weighted by Gasteiger charge is -2.07. The maximum absolute atomic E-state index is 11.8. The number of methoxy groups -OCH3 is 1. The van der Waals surface area contributed by atoms with Crippen LogP contribution in [0.1, 0.15) is 17.3 Å². The Hall–Kier alpha value is -3.11. The average molecular weight is 378 g/mol. The Morgan fingerprint density at radius 3 is 2.12 bits per heavy atom. The molecule has 2 rings (SSSR count). The van der Waals surface area contributed by atoms with E-state index >= 15 is 0 Å². The number of esters is 2. The third kappa shape index (κ3) is 4.94. The van der Waals surface area contributed by atoms with E-state index in [1.807, 2.05) is 0 Å². The maximum Gasteiger partial charge on any atom is 0.341 e. The van der Waals surface area contributed by atoms with Crippen LogP contribution >= 0.6 is 0 Å². The van der Waals surface area contributed by atoms with Crippen molar-refractivity contribution in [1.82, 2.24) is 0 Å². The predicted molar refractivity (Wildman–Crippen MR) is 89.5 cm³/mol. The highest BCUT2D eigenvalue weighted by Gasteiger charge is 2.15. The Labute approximate surface area is 149 Å². The second-order valence-corrected chi connectivity index (χ2v) is 6.36. The van der Waals surface area contributed by atoms with Gasteiger partial charge in [-0.1, -0.05) is 0 Å². The van der Waals surface area contributed by atoms with E-state index in [2.05, 4.69) is 15.0 Å². The van der Waals surface area contributed by atoms with Gasteiger partial charge in [0.15, 0.2) is 0 Å². The van der Waals surface area contributed by atoms with Gasteiger partial charge in [-0.15, -0.1) is 0 Å². The zero-order valence-electron chi connectivity index (χ0n) is 13.7. The number of hydrogen-bond donors (Lipinski definition) is 1. The van der Waals surface area contributed by atoms with Crippen LogP contribution in [0.5, 0.6) is 5.75 Å². The minimum absolute atomic E-state index is 0.000807. The number of rotatable bonds is 5. The first-order chi connectivity index (χ1) is 12.2. The molecule has 9 nitrogen and oxygen atoms in total. The van der Waals surface area contributed by atoms with Crippen LogP contribution in [0.4, 0.5) is 11.4 Å². The van der Waals surface area contributed by atoms with Crippen molar-refractivity contribution >= 4 is 33.4 Å². The van der Waals surface area contributed by atoms with E-state index in [1.165, 1.54) is 56.5 Å². The highest BCUT2D eigenvalue weighted by atomic mass is 32.2. The number of hydrogen-bond acceptors (Lipinski definition) is 8. The molecule has 1 N–H and O–H groups in total. The summed E-state index contributed by atoms with van der Waals surface area (Å²) in [6.07, 6.45) is 0. The second kappa shape index (κ2) is 7.85. The lowest BCUT2D eigenvalue weighted by Crippen LogP contribution is -2.08. The molecule has 0 aliphatic heterocycles. The summed E-state index contributed by atoms with van der Waals surface area (Å²) >= 11 is 0. The zero-order valence-corrected chi connectivity index (χ0v) is 14.6. The Bertz CT molecular complexity index is 967. The van der Waals surface area contributed by atoms with E-state index in [1.54, 1.807) is 0 Å². The van der Waals surface area contributed by atoms with Gasteiger partial charge in [0.2, 0.25) is 0 Å². The molecule has 10 heteroatoms. The fourth-order valence-electron chi connectivity index (χ4n) is 1.89. The topological polar surface area (TPSA) is 132 Å². The highest BCUT2D eigenvalue weighted by Crippen LogP contribution is 2.27. The number of carbonyl (C=O) groups is 2. The molecule has 0 heterocycles. The SMILES string of the molecule is COC(=O)c1cc(N=Nc2ccc(S(=O)(=O)O)cc2)ccc1OC(C)=O. The van der Waals surface area contributed by atoms with E-state index in [0.717, 1.165) is 0 Å². The fraction of sp³-hybridized carbons (Fsp3) is 0.125. The van der Waals surface area contributed by atoms with Gasteiger partial charge in [0, 0.05) is 6.92 Å². The highest BCUT2D eigenvalue weighted by molar-refractivity contribution is 7.85. The summed E-state index contributed by atoms with van der Waals surface area (Å²) in [7, 11) is -3.10. The van der Waals surface area contributed by atoms with Crippen LogP contribution in [0.25, 0.3) is 0 Å². The van der Waals surface area contributed by atoms with Crippen molar-refractivity contribution in [3.8, 4) is 5.75 Å². The van der Waals surface area contributed by atoms with Crippen LogP contribution in [0.2, 0.25) is 0 Å². The van der Waals surface area contributed by atoms with E-state index in [4.69, 9.17) is 9.29 Å². The van der Waals surface area contributed by atoms with Gasteiger partial charge in [-0.3, -0.25) is 9.35 Å². The summed E-state index contributed by atoms with van der Waals surface area (Å²) in [6, 6.07) is 9.23. The van der Waals surface area contributed by atoms with Crippen LogP contribution in [0.3, 0.4) is 0 Å². The first-order valence-electron chi connectivity index (χ1n) is 7.11. The molecule has 0 aromatic heterocycles. The lowest BCUT2D eigenvalue weighted by atomic mass is 10.2. The Morgan fingerprint density at radius 1 is 1.00 bits per heavy atom. The van der Waals surface area contributed by atoms with Crippen molar-refractivity contribution in [3.05, 3.63) is 48.0 Å². The van der Waals surface area contributed by atoms with Gasteiger partial charge in [-0.05, 0) is 42.5 Å². The minimum Gasteiger partial charge on any atom is -0.465 e. The molecule has 0 bridgehead atoms. The van der Waals surface area contributed by atoms with Crippen LogP contribution < -0.4 is 4.74 Å². The van der Waals surface area contributed by atoms with E-state index < -0.39 is 22.1 Å². The van der Waals surface area contributed by atoms with Crippen molar-refractivity contribution < 1.29 is 32.0 Å². The van der Waals surface area contributed by atoms with Crippen molar-refractivity contribution in [2.24, 2.45) is 10.2 Å². The third-order valence-corrected chi connectivity index (χ3v) is 3.91. The number of benzene rings is 2. The molecule has 0 saturated carbocycles. The van der Waals surface area contributed by atoms with E-state index in [0.29, 0.717) is 5.69 Å². The molecule has 0 fully saturated rings.